The summed E-state index contributed by atoms with van der Waals surface area (Å²) in [6, 6.07) is 29.8. The van der Waals surface area contributed by atoms with Gasteiger partial charge in [-0.3, -0.25) is 4.90 Å². The molecule has 1 aliphatic rings. The van der Waals surface area contributed by atoms with Crippen LogP contribution in [0.5, 0.6) is 0 Å². The van der Waals surface area contributed by atoms with Crippen molar-refractivity contribution in [3.63, 3.8) is 0 Å². The standard InChI is InChI=1S/C23H24NSi/c1-18(2)24-16-19-10-6-8-14-22(19)25(21-12-4-3-5-13-21)23-15-9-7-11-20(23)17-24/h3-15,18H,16-17H2,1-2H3. The highest BCUT2D eigenvalue weighted by Gasteiger charge is 2.28. The fourth-order valence-corrected chi connectivity index (χ4v) is 6.65. The number of rotatable bonds is 2. The van der Waals surface area contributed by atoms with Gasteiger partial charge in [-0.25, -0.2) is 0 Å². The van der Waals surface area contributed by atoms with E-state index in [0.29, 0.717) is 6.04 Å². The van der Waals surface area contributed by atoms with Crippen molar-refractivity contribution < 1.29 is 0 Å². The van der Waals surface area contributed by atoms with Crippen LogP contribution in [-0.4, -0.2) is 19.7 Å². The van der Waals surface area contributed by atoms with Gasteiger partial charge < -0.3 is 0 Å². The summed E-state index contributed by atoms with van der Waals surface area (Å²) < 4.78 is 0. The van der Waals surface area contributed by atoms with Crippen molar-refractivity contribution in [2.45, 2.75) is 33.0 Å². The molecule has 25 heavy (non-hydrogen) atoms. The maximum Gasteiger partial charge on any atom is 0.155 e. The van der Waals surface area contributed by atoms with E-state index >= 15 is 0 Å². The molecule has 0 saturated carbocycles. The Kier molecular flexibility index (Phi) is 4.56. The van der Waals surface area contributed by atoms with Gasteiger partial charge in [-0.15, -0.1) is 0 Å². The predicted molar refractivity (Wildman–Crippen MR) is 108 cm³/mol. The first kappa shape index (κ1) is 16.3. The highest BCUT2D eigenvalue weighted by molar-refractivity contribution is 6.96. The molecule has 0 N–H and O–H groups in total. The fraction of sp³-hybridized carbons (Fsp3) is 0.217. The molecule has 0 bridgehead atoms. The van der Waals surface area contributed by atoms with Gasteiger partial charge in [0.2, 0.25) is 0 Å². The SMILES string of the molecule is CC(C)N1Cc2ccccc2[Si](c2ccccc2)c2ccccc2C1. The van der Waals surface area contributed by atoms with E-state index in [4.69, 9.17) is 0 Å². The molecule has 3 aromatic carbocycles. The van der Waals surface area contributed by atoms with Gasteiger partial charge in [-0.2, -0.15) is 0 Å². The maximum atomic E-state index is 2.58. The molecule has 0 amide bonds. The third kappa shape index (κ3) is 3.20. The first-order chi connectivity index (χ1) is 12.2. The summed E-state index contributed by atoms with van der Waals surface area (Å²) in [6.07, 6.45) is 0. The summed E-state index contributed by atoms with van der Waals surface area (Å²) >= 11 is 0. The Labute approximate surface area is 152 Å². The number of hydrogen-bond acceptors (Lipinski definition) is 1. The van der Waals surface area contributed by atoms with Crippen LogP contribution in [0.1, 0.15) is 25.0 Å². The Balaban J connectivity index is 1.95. The smallest absolute Gasteiger partial charge is 0.155 e. The zero-order valence-electron chi connectivity index (χ0n) is 14.9. The summed E-state index contributed by atoms with van der Waals surface area (Å²) in [5.74, 6) is 0. The summed E-state index contributed by atoms with van der Waals surface area (Å²) in [7, 11) is -0.973. The van der Waals surface area contributed by atoms with Crippen LogP contribution in [-0.2, 0) is 13.1 Å². The monoisotopic (exact) mass is 342 g/mol. The zero-order chi connectivity index (χ0) is 17.2. The number of benzene rings is 3. The van der Waals surface area contributed by atoms with Crippen molar-refractivity contribution >= 4 is 24.4 Å². The highest BCUT2D eigenvalue weighted by Crippen LogP contribution is 2.16. The Morgan fingerprint density at radius 1 is 0.680 bits per heavy atom. The van der Waals surface area contributed by atoms with Crippen molar-refractivity contribution in [3.8, 4) is 0 Å². The molecular formula is C23H24NSi. The molecule has 1 radical (unpaired) electrons. The minimum absolute atomic E-state index is 0.534. The lowest BCUT2D eigenvalue weighted by molar-refractivity contribution is 0.204. The van der Waals surface area contributed by atoms with E-state index in [-0.39, 0.29) is 0 Å². The Bertz CT molecular complexity index is 807. The maximum absolute atomic E-state index is 2.58. The molecule has 0 spiro atoms. The van der Waals surface area contributed by atoms with Crippen LogP contribution in [0.2, 0.25) is 0 Å². The van der Waals surface area contributed by atoms with E-state index in [0.717, 1.165) is 13.1 Å². The number of nitrogens with zero attached hydrogens (tertiary/aromatic N) is 1. The van der Waals surface area contributed by atoms with Crippen LogP contribution in [0.15, 0.2) is 78.9 Å². The van der Waals surface area contributed by atoms with Crippen molar-refractivity contribution in [1.29, 1.82) is 0 Å². The van der Waals surface area contributed by atoms with E-state index in [1.54, 1.807) is 0 Å². The van der Waals surface area contributed by atoms with Crippen LogP contribution >= 0.6 is 0 Å². The Hall–Kier alpha value is -2.16. The lowest BCUT2D eigenvalue weighted by Crippen LogP contribution is -2.56. The van der Waals surface area contributed by atoms with Gasteiger partial charge >= 0.3 is 0 Å². The molecule has 0 saturated heterocycles. The van der Waals surface area contributed by atoms with E-state index in [9.17, 15) is 0 Å². The van der Waals surface area contributed by atoms with Gasteiger partial charge in [-0.05, 0) is 35.3 Å². The first-order valence-electron chi connectivity index (χ1n) is 9.07. The fourth-order valence-electron chi connectivity index (χ4n) is 3.72. The second kappa shape index (κ2) is 6.99. The molecule has 0 fully saturated rings. The van der Waals surface area contributed by atoms with E-state index in [1.165, 1.54) is 26.7 Å². The van der Waals surface area contributed by atoms with Gasteiger partial charge in [0.15, 0.2) is 8.80 Å². The average Bonchev–Trinajstić information content (AvgIpc) is 2.63. The minimum Gasteiger partial charge on any atom is -0.292 e. The van der Waals surface area contributed by atoms with Gasteiger partial charge in [0.05, 0.1) is 0 Å². The molecule has 4 rings (SSSR count). The molecule has 0 unspecified atom stereocenters. The molecule has 1 aliphatic heterocycles. The molecule has 1 heterocycles. The van der Waals surface area contributed by atoms with Crippen LogP contribution in [0, 0.1) is 0 Å². The van der Waals surface area contributed by atoms with Gasteiger partial charge in [-0.1, -0.05) is 84.0 Å². The molecule has 0 aliphatic carbocycles. The second-order valence-corrected chi connectivity index (χ2v) is 9.46. The second-order valence-electron chi connectivity index (χ2n) is 7.05. The summed E-state index contributed by atoms with van der Waals surface area (Å²) in [6.45, 7) is 6.66. The molecule has 1 nitrogen and oxygen atoms in total. The summed E-state index contributed by atoms with van der Waals surface area (Å²) in [5.41, 5.74) is 2.98. The van der Waals surface area contributed by atoms with E-state index in [1.807, 2.05) is 0 Å². The van der Waals surface area contributed by atoms with E-state index in [2.05, 4.69) is 97.6 Å². The van der Waals surface area contributed by atoms with Crippen LogP contribution in [0.4, 0.5) is 0 Å². The zero-order valence-corrected chi connectivity index (χ0v) is 15.9. The van der Waals surface area contributed by atoms with Gasteiger partial charge in [0.25, 0.3) is 0 Å². The third-order valence-corrected chi connectivity index (χ3v) is 8.08. The van der Waals surface area contributed by atoms with Crippen molar-refractivity contribution in [2.75, 3.05) is 0 Å². The normalized spacial score (nSPS) is 15.3. The molecule has 2 heteroatoms. The van der Waals surface area contributed by atoms with Crippen molar-refractivity contribution in [1.82, 2.24) is 4.90 Å². The van der Waals surface area contributed by atoms with Crippen LogP contribution in [0.3, 0.4) is 0 Å². The molecule has 0 atom stereocenters. The lowest BCUT2D eigenvalue weighted by Gasteiger charge is -2.33. The summed E-state index contributed by atoms with van der Waals surface area (Å²) in [4.78, 5) is 2.58. The Morgan fingerprint density at radius 2 is 1.16 bits per heavy atom. The largest absolute Gasteiger partial charge is 0.292 e. The van der Waals surface area contributed by atoms with Crippen molar-refractivity contribution in [3.05, 3.63) is 90.0 Å². The summed E-state index contributed by atoms with van der Waals surface area (Å²) in [5, 5.41) is 4.55. The van der Waals surface area contributed by atoms with E-state index < -0.39 is 8.80 Å². The molecule has 3 aromatic rings. The third-order valence-electron chi connectivity index (χ3n) is 5.11. The molecule has 125 valence electrons. The van der Waals surface area contributed by atoms with Crippen LogP contribution in [0.25, 0.3) is 0 Å². The average molecular weight is 343 g/mol. The predicted octanol–water partition coefficient (Wildman–Crippen LogP) is 2.93. The minimum atomic E-state index is -0.973. The number of fused-ring (bicyclic) bond motifs is 2. The van der Waals surface area contributed by atoms with Crippen molar-refractivity contribution in [2.24, 2.45) is 0 Å². The van der Waals surface area contributed by atoms with Gasteiger partial charge in [0, 0.05) is 19.1 Å². The topological polar surface area (TPSA) is 3.24 Å². The highest BCUT2D eigenvalue weighted by atomic mass is 28.3. The molecular weight excluding hydrogens is 318 g/mol. The quantitative estimate of drug-likeness (QED) is 0.647. The number of hydrogen-bond donors (Lipinski definition) is 0. The lowest BCUT2D eigenvalue weighted by atomic mass is 10.1. The van der Waals surface area contributed by atoms with Gasteiger partial charge in [0.1, 0.15) is 0 Å². The first-order valence-corrected chi connectivity index (χ1v) is 10.6. The van der Waals surface area contributed by atoms with Crippen LogP contribution < -0.4 is 15.6 Å². The Morgan fingerprint density at radius 3 is 1.68 bits per heavy atom. The molecule has 0 aromatic heterocycles.